The van der Waals surface area contributed by atoms with Crippen molar-refractivity contribution in [1.29, 1.82) is 0 Å². The van der Waals surface area contributed by atoms with E-state index in [-0.39, 0.29) is 12.4 Å². The summed E-state index contributed by atoms with van der Waals surface area (Å²) in [5.74, 6) is 0.977. The Morgan fingerprint density at radius 1 is 1.21 bits per heavy atom. The molecule has 1 aliphatic heterocycles. The molecule has 140 valence electrons. The van der Waals surface area contributed by atoms with Gasteiger partial charge in [0.05, 0.1) is 11.6 Å². The predicted molar refractivity (Wildman–Crippen MR) is 102 cm³/mol. The summed E-state index contributed by atoms with van der Waals surface area (Å²) in [6.45, 7) is 0.842. The molecule has 9 heteroatoms. The summed E-state index contributed by atoms with van der Waals surface area (Å²) >= 11 is 6.26. The quantitative estimate of drug-likeness (QED) is 0.568. The molecule has 0 saturated carbocycles. The summed E-state index contributed by atoms with van der Waals surface area (Å²) in [4.78, 5) is 8.48. The van der Waals surface area contributed by atoms with E-state index in [1.54, 1.807) is 41.5 Å². The molecule has 0 radical (unpaired) electrons. The smallest absolute Gasteiger partial charge is 0.210 e. The van der Waals surface area contributed by atoms with Gasteiger partial charge in [-0.2, -0.15) is 0 Å². The summed E-state index contributed by atoms with van der Waals surface area (Å²) in [7, 11) is 0. The van der Waals surface area contributed by atoms with Gasteiger partial charge >= 0.3 is 0 Å². The van der Waals surface area contributed by atoms with Crippen molar-refractivity contribution < 1.29 is 9.13 Å². The Balaban J connectivity index is 1.51. The van der Waals surface area contributed by atoms with Gasteiger partial charge in [0.1, 0.15) is 17.9 Å². The van der Waals surface area contributed by atoms with E-state index in [0.29, 0.717) is 35.2 Å². The molecule has 1 aliphatic rings. The van der Waals surface area contributed by atoms with Crippen LogP contribution in [0, 0.1) is 5.82 Å². The first-order chi connectivity index (χ1) is 13.7. The summed E-state index contributed by atoms with van der Waals surface area (Å²) in [6, 6.07) is 4.89. The number of nitrogens with one attached hydrogen (secondary N) is 1. The first-order valence-electron chi connectivity index (χ1n) is 8.68. The zero-order chi connectivity index (χ0) is 19.1. The topological polar surface area (TPSA) is 77.2 Å². The molecule has 0 bridgehead atoms. The van der Waals surface area contributed by atoms with Crippen LogP contribution in [0.2, 0.25) is 5.02 Å². The van der Waals surface area contributed by atoms with Crippen LogP contribution in [0.15, 0.2) is 43.1 Å². The fourth-order valence-electron chi connectivity index (χ4n) is 3.41. The average Bonchev–Trinajstić information content (AvgIpc) is 3.37. The number of anilines is 1. The Kier molecular flexibility index (Phi) is 4.05. The normalized spacial score (nSPS) is 12.8. The Morgan fingerprint density at radius 2 is 2.14 bits per heavy atom. The molecule has 1 aromatic carbocycles. The Hall–Kier alpha value is -3.26. The van der Waals surface area contributed by atoms with Crippen molar-refractivity contribution in [2.24, 2.45) is 0 Å². The van der Waals surface area contributed by atoms with Crippen LogP contribution in [0.25, 0.3) is 16.8 Å². The number of pyridine rings is 1. The highest BCUT2D eigenvalue weighted by atomic mass is 35.5. The number of fused-ring (bicyclic) bond motifs is 2. The zero-order valence-electron chi connectivity index (χ0n) is 14.6. The van der Waals surface area contributed by atoms with Crippen LogP contribution in [-0.2, 0) is 13.0 Å². The summed E-state index contributed by atoms with van der Waals surface area (Å²) in [6.07, 6.45) is 7.14. The van der Waals surface area contributed by atoms with E-state index in [4.69, 9.17) is 16.3 Å². The lowest BCUT2D eigenvalue weighted by molar-refractivity contribution is 0.356. The van der Waals surface area contributed by atoms with Crippen LogP contribution < -0.4 is 10.1 Å². The number of halogens is 2. The number of rotatable bonds is 4. The molecule has 4 heterocycles. The maximum atomic E-state index is 14.4. The molecule has 0 unspecified atom stereocenters. The monoisotopic (exact) mass is 396 g/mol. The molecule has 0 aliphatic carbocycles. The first-order valence-corrected chi connectivity index (χ1v) is 9.05. The molecule has 0 saturated heterocycles. The molecular weight excluding hydrogens is 383 g/mol. The average molecular weight is 397 g/mol. The van der Waals surface area contributed by atoms with Gasteiger partial charge in [-0.05, 0) is 18.2 Å². The third-order valence-electron chi connectivity index (χ3n) is 4.76. The largest absolute Gasteiger partial charge is 0.493 e. The van der Waals surface area contributed by atoms with Crippen LogP contribution in [0.4, 0.5) is 10.3 Å². The molecule has 5 rings (SSSR count). The Labute approximate surface area is 164 Å². The molecule has 3 aromatic heterocycles. The van der Waals surface area contributed by atoms with Crippen molar-refractivity contribution in [3.05, 3.63) is 65.1 Å². The van der Waals surface area contributed by atoms with E-state index >= 15 is 0 Å². The Bertz CT molecular complexity index is 1190. The van der Waals surface area contributed by atoms with Gasteiger partial charge in [0.25, 0.3) is 0 Å². The standard InChI is InChI=1S/C19H14ClFN6O/c20-15-9-22-5-3-11(15)14-8-24-19(27-10-25-26-18(14)27)23-7-13-12-4-6-28-17(12)2-1-16(13)21/h1-3,5,8-10H,4,6-7H2,(H,23,24). The second kappa shape index (κ2) is 6.72. The lowest BCUT2D eigenvalue weighted by atomic mass is 10.0. The molecule has 0 spiro atoms. The minimum Gasteiger partial charge on any atom is -0.493 e. The fourth-order valence-corrected chi connectivity index (χ4v) is 3.63. The molecule has 7 nitrogen and oxygen atoms in total. The Morgan fingerprint density at radius 3 is 3.04 bits per heavy atom. The van der Waals surface area contributed by atoms with Crippen LogP contribution in [-0.4, -0.2) is 31.2 Å². The van der Waals surface area contributed by atoms with Gasteiger partial charge in [0.15, 0.2) is 5.65 Å². The van der Waals surface area contributed by atoms with Crippen molar-refractivity contribution in [2.45, 2.75) is 13.0 Å². The number of aromatic nitrogens is 5. The van der Waals surface area contributed by atoms with Crippen LogP contribution >= 0.6 is 11.6 Å². The van der Waals surface area contributed by atoms with Gasteiger partial charge in [0, 0.05) is 53.8 Å². The lowest BCUT2D eigenvalue weighted by Crippen LogP contribution is -2.09. The van der Waals surface area contributed by atoms with Crippen molar-refractivity contribution >= 4 is 23.2 Å². The third-order valence-corrected chi connectivity index (χ3v) is 5.06. The highest BCUT2D eigenvalue weighted by molar-refractivity contribution is 6.33. The number of hydrogen-bond acceptors (Lipinski definition) is 6. The van der Waals surface area contributed by atoms with E-state index in [1.807, 2.05) is 0 Å². The molecule has 1 N–H and O–H groups in total. The van der Waals surface area contributed by atoms with Gasteiger partial charge in [-0.1, -0.05) is 11.6 Å². The highest BCUT2D eigenvalue weighted by Gasteiger charge is 2.20. The van der Waals surface area contributed by atoms with E-state index in [2.05, 4.69) is 25.5 Å². The molecule has 0 fully saturated rings. The van der Waals surface area contributed by atoms with Gasteiger partial charge in [-0.25, -0.2) is 9.37 Å². The highest BCUT2D eigenvalue weighted by Crippen LogP contribution is 2.32. The lowest BCUT2D eigenvalue weighted by Gasteiger charge is -2.13. The van der Waals surface area contributed by atoms with E-state index in [9.17, 15) is 4.39 Å². The van der Waals surface area contributed by atoms with E-state index < -0.39 is 0 Å². The van der Waals surface area contributed by atoms with Crippen molar-refractivity contribution in [3.8, 4) is 16.9 Å². The van der Waals surface area contributed by atoms with Gasteiger partial charge in [-0.3, -0.25) is 9.38 Å². The minimum atomic E-state index is -0.267. The predicted octanol–water partition coefficient (Wildman–Crippen LogP) is 3.53. The molecule has 0 amide bonds. The SMILES string of the molecule is Fc1ccc2c(c1CNc1ncc(-c3ccncc3Cl)c3nncn13)CCO2. The minimum absolute atomic E-state index is 0.267. The number of ether oxygens (including phenoxy) is 1. The second-order valence-corrected chi connectivity index (χ2v) is 6.74. The molecular formula is C19H14ClFN6O. The maximum absolute atomic E-state index is 14.4. The van der Waals surface area contributed by atoms with Crippen molar-refractivity contribution in [1.82, 2.24) is 24.6 Å². The van der Waals surface area contributed by atoms with Gasteiger partial charge in [-0.15, -0.1) is 10.2 Å². The zero-order valence-corrected chi connectivity index (χ0v) is 15.3. The summed E-state index contributed by atoms with van der Waals surface area (Å²) in [5.41, 5.74) is 3.56. The van der Waals surface area contributed by atoms with Crippen LogP contribution in [0.5, 0.6) is 5.75 Å². The third kappa shape index (κ3) is 2.73. The number of benzene rings is 1. The van der Waals surface area contributed by atoms with Gasteiger partial charge < -0.3 is 10.1 Å². The van der Waals surface area contributed by atoms with Crippen LogP contribution in [0.3, 0.4) is 0 Å². The maximum Gasteiger partial charge on any atom is 0.210 e. The van der Waals surface area contributed by atoms with Gasteiger partial charge in [0.2, 0.25) is 5.95 Å². The molecule has 4 aromatic rings. The molecule has 28 heavy (non-hydrogen) atoms. The second-order valence-electron chi connectivity index (χ2n) is 6.33. The van der Waals surface area contributed by atoms with Crippen molar-refractivity contribution in [2.75, 3.05) is 11.9 Å². The molecule has 0 atom stereocenters. The van der Waals surface area contributed by atoms with Crippen molar-refractivity contribution in [3.63, 3.8) is 0 Å². The van der Waals surface area contributed by atoms with E-state index in [0.717, 1.165) is 22.4 Å². The summed E-state index contributed by atoms with van der Waals surface area (Å²) in [5, 5.41) is 11.9. The van der Waals surface area contributed by atoms with E-state index in [1.165, 1.54) is 6.07 Å². The van der Waals surface area contributed by atoms with Crippen LogP contribution in [0.1, 0.15) is 11.1 Å². The first kappa shape index (κ1) is 16.9. The summed E-state index contributed by atoms with van der Waals surface area (Å²) < 4.78 is 21.6. The number of hydrogen-bond donors (Lipinski definition) is 1. The number of nitrogens with zero attached hydrogens (tertiary/aromatic N) is 5. The fraction of sp³-hybridized carbons (Fsp3) is 0.158.